The van der Waals surface area contributed by atoms with Crippen LogP contribution in [0.5, 0.6) is 11.6 Å². The second-order valence-electron chi connectivity index (χ2n) is 16.6. The zero-order chi connectivity index (χ0) is 40.6. The maximum absolute atomic E-state index is 14.7. The number of carbonyl (C=O) groups is 4. The highest BCUT2D eigenvalue weighted by atomic mass is 32.2. The number of hydrogen-bond donors (Lipinski definition) is 3. The van der Waals surface area contributed by atoms with Crippen molar-refractivity contribution in [3.05, 3.63) is 42.6 Å². The van der Waals surface area contributed by atoms with Crippen LogP contribution in [-0.2, 0) is 29.1 Å². The first-order valence-electron chi connectivity index (χ1n) is 19.2. The van der Waals surface area contributed by atoms with Gasteiger partial charge in [-0.15, -0.1) is 0 Å². The quantitative estimate of drug-likeness (QED) is 0.303. The number of nitrogens with zero attached hydrogens (tertiary/aromatic N) is 2. The number of carbonyl (C=O) groups excluding carboxylic acids is 4. The van der Waals surface area contributed by atoms with E-state index in [2.05, 4.69) is 20.3 Å². The molecule has 0 radical (unpaired) electrons. The average Bonchev–Trinajstić information content (AvgIpc) is 4.04. The summed E-state index contributed by atoms with van der Waals surface area (Å²) in [6, 6.07) is 4.46. The van der Waals surface area contributed by atoms with E-state index < -0.39 is 93.3 Å². The van der Waals surface area contributed by atoms with Crippen LogP contribution in [0.25, 0.3) is 10.8 Å². The van der Waals surface area contributed by atoms with Gasteiger partial charge in [-0.2, -0.15) is 0 Å². The van der Waals surface area contributed by atoms with Gasteiger partial charge in [-0.1, -0.05) is 44.2 Å². The second-order valence-corrected chi connectivity index (χ2v) is 18.5. The van der Waals surface area contributed by atoms with Gasteiger partial charge < -0.3 is 29.7 Å². The number of rotatable bonds is 9. The van der Waals surface area contributed by atoms with Crippen molar-refractivity contribution in [2.24, 2.45) is 17.8 Å². The average molecular weight is 804 g/mol. The van der Waals surface area contributed by atoms with Crippen molar-refractivity contribution in [2.75, 3.05) is 13.2 Å². The number of alkyl carbamates (subject to hydrolysis) is 1. The summed E-state index contributed by atoms with van der Waals surface area (Å²) in [4.78, 5) is 61.8. The minimum atomic E-state index is -3.94. The van der Waals surface area contributed by atoms with Crippen molar-refractivity contribution < 1.29 is 50.6 Å². The summed E-state index contributed by atoms with van der Waals surface area (Å²) >= 11 is 0. The molecule has 1 aromatic carbocycles. The van der Waals surface area contributed by atoms with Crippen LogP contribution in [0, 0.1) is 17.8 Å². The molecule has 6 rings (SSSR count). The molecule has 1 aromatic heterocycles. The molecule has 3 N–H and O–H groups in total. The van der Waals surface area contributed by atoms with Crippen molar-refractivity contribution in [1.82, 2.24) is 25.2 Å². The fraction of sp³-hybridized carbons (Fsp3) is 0.615. The maximum Gasteiger partial charge on any atom is 0.408 e. The first-order valence-corrected chi connectivity index (χ1v) is 20.7. The van der Waals surface area contributed by atoms with Gasteiger partial charge in [0.25, 0.3) is 12.3 Å². The lowest BCUT2D eigenvalue weighted by Crippen LogP contribution is -2.59. The largest absolute Gasteiger partial charge is 0.485 e. The molecule has 1 saturated heterocycles. The first-order chi connectivity index (χ1) is 26.4. The Labute approximate surface area is 325 Å². The van der Waals surface area contributed by atoms with Crippen molar-refractivity contribution in [3.8, 4) is 11.6 Å². The van der Waals surface area contributed by atoms with Crippen LogP contribution in [0.15, 0.2) is 42.6 Å². The molecule has 306 valence electrons. The van der Waals surface area contributed by atoms with Gasteiger partial charge in [0, 0.05) is 23.1 Å². The van der Waals surface area contributed by atoms with E-state index in [0.29, 0.717) is 36.5 Å². The van der Waals surface area contributed by atoms with Gasteiger partial charge in [-0.3, -0.25) is 19.1 Å². The SMILES string of the molecule is C[C@@H]1CC/C=C\[C@@H]2C[C@@]2(C(=O)NS(=O)(=O)C2CC2)NC(=O)[C@@H]2C[C@@H](Oc3ncc(OCC(F)F)c4ccccc34)CN2C(=O)[C@@H](NC(=O)OC(C)(C)C)[C@H](C)C1. The van der Waals surface area contributed by atoms with Gasteiger partial charge in [0.2, 0.25) is 27.7 Å². The van der Waals surface area contributed by atoms with E-state index in [9.17, 15) is 36.4 Å². The Morgan fingerprint density at radius 1 is 1.09 bits per heavy atom. The van der Waals surface area contributed by atoms with Crippen LogP contribution >= 0.6 is 0 Å². The Bertz CT molecular complexity index is 1970. The number of halogens is 2. The van der Waals surface area contributed by atoms with E-state index in [1.54, 1.807) is 45.0 Å². The van der Waals surface area contributed by atoms with Gasteiger partial charge >= 0.3 is 6.09 Å². The Balaban J connectivity index is 1.34. The molecular weight excluding hydrogens is 753 g/mol. The van der Waals surface area contributed by atoms with Gasteiger partial charge in [0.05, 0.1) is 18.0 Å². The standard InChI is InChI=1S/C39H51F2N5O9S/c1-22-10-6-7-11-24-18-39(24,36(49)45-56(51,52)26-14-15-26)44-33(47)29-17-25(20-46(29)35(48)32(23(2)16-22)43-37(50)55-38(3,4)5)54-34-28-13-9-8-12-27(28)30(19-42-34)53-21-31(40)41/h7-9,11-13,19,22-26,29,31-32H,6,10,14-18,20-21H2,1-5H3,(H,43,50)(H,44,47)(H,45,49)/b11-7-/t22-,23-,24-,25-,29+,32+,39-/m1/s1. The summed E-state index contributed by atoms with van der Waals surface area (Å²) in [5, 5.41) is 5.86. The van der Waals surface area contributed by atoms with Gasteiger partial charge in [-0.25, -0.2) is 27.0 Å². The van der Waals surface area contributed by atoms with Crippen molar-refractivity contribution >= 4 is 44.6 Å². The summed E-state index contributed by atoms with van der Waals surface area (Å²) < 4.78 is 71.1. The van der Waals surface area contributed by atoms with E-state index >= 15 is 0 Å². The highest BCUT2D eigenvalue weighted by molar-refractivity contribution is 7.91. The number of aromatic nitrogens is 1. The Morgan fingerprint density at radius 3 is 2.48 bits per heavy atom. The third-order valence-corrected chi connectivity index (χ3v) is 12.5. The first kappa shape index (κ1) is 41.1. The minimum absolute atomic E-state index is 0.0558. The van der Waals surface area contributed by atoms with Crippen molar-refractivity contribution in [3.63, 3.8) is 0 Å². The fourth-order valence-electron chi connectivity index (χ4n) is 7.59. The summed E-state index contributed by atoms with van der Waals surface area (Å²) in [6.07, 6.45) is 3.61. The number of pyridine rings is 1. The summed E-state index contributed by atoms with van der Waals surface area (Å²) in [6.45, 7) is 8.05. The number of sulfonamides is 1. The van der Waals surface area contributed by atoms with Crippen LogP contribution in [0.2, 0.25) is 0 Å². The molecule has 4 amide bonds. The number of fused-ring (bicyclic) bond motifs is 3. The normalized spacial score (nSPS) is 29.2. The van der Waals surface area contributed by atoms with Crippen LogP contribution in [0.4, 0.5) is 13.6 Å². The number of alkyl halides is 2. The fourth-order valence-corrected chi connectivity index (χ4v) is 8.96. The second kappa shape index (κ2) is 16.1. The van der Waals surface area contributed by atoms with Gasteiger partial charge in [0.1, 0.15) is 41.7 Å². The number of benzene rings is 1. The van der Waals surface area contributed by atoms with Crippen molar-refractivity contribution in [2.45, 2.75) is 121 Å². The lowest BCUT2D eigenvalue weighted by molar-refractivity contribution is -0.142. The highest BCUT2D eigenvalue weighted by Gasteiger charge is 2.62. The van der Waals surface area contributed by atoms with E-state index in [4.69, 9.17) is 14.2 Å². The Kier molecular flexibility index (Phi) is 11.8. The van der Waals surface area contributed by atoms with Crippen LogP contribution in [0.1, 0.15) is 79.6 Å². The van der Waals surface area contributed by atoms with Crippen molar-refractivity contribution in [1.29, 1.82) is 0 Å². The molecule has 14 nitrogen and oxygen atoms in total. The molecule has 7 atom stereocenters. The number of nitrogens with one attached hydrogen (secondary N) is 3. The molecular formula is C39H51F2N5O9S. The Morgan fingerprint density at radius 2 is 1.80 bits per heavy atom. The van der Waals surface area contributed by atoms with Gasteiger partial charge in [0.15, 0.2) is 0 Å². The predicted molar refractivity (Wildman–Crippen MR) is 201 cm³/mol. The van der Waals surface area contributed by atoms with Crippen LogP contribution in [-0.4, -0.2) is 96.3 Å². The number of ether oxygens (including phenoxy) is 3. The number of hydrogen-bond acceptors (Lipinski definition) is 10. The monoisotopic (exact) mass is 803 g/mol. The third-order valence-electron chi connectivity index (χ3n) is 10.7. The highest BCUT2D eigenvalue weighted by Crippen LogP contribution is 2.46. The smallest absolute Gasteiger partial charge is 0.408 e. The van der Waals surface area contributed by atoms with E-state index in [1.165, 1.54) is 11.1 Å². The number of allylic oxidation sites excluding steroid dienone is 1. The topological polar surface area (TPSA) is 182 Å². The molecule has 0 unspecified atom stereocenters. The zero-order valence-corrected chi connectivity index (χ0v) is 33.1. The summed E-state index contributed by atoms with van der Waals surface area (Å²) in [5.41, 5.74) is -2.43. The summed E-state index contributed by atoms with van der Waals surface area (Å²) in [5.74, 6) is -2.62. The van der Waals surface area contributed by atoms with E-state index in [-0.39, 0.29) is 36.9 Å². The number of amides is 4. The van der Waals surface area contributed by atoms with E-state index in [1.807, 2.05) is 26.0 Å². The lowest BCUT2D eigenvalue weighted by Gasteiger charge is -2.33. The third kappa shape index (κ3) is 9.52. The molecule has 2 aromatic rings. The molecule has 0 spiro atoms. The molecule has 4 aliphatic rings. The molecule has 2 aliphatic carbocycles. The Hall–Kier alpha value is -4.54. The van der Waals surface area contributed by atoms with Crippen LogP contribution < -0.4 is 24.8 Å². The van der Waals surface area contributed by atoms with E-state index in [0.717, 1.165) is 6.42 Å². The minimum Gasteiger partial charge on any atom is -0.485 e. The molecule has 3 fully saturated rings. The predicted octanol–water partition coefficient (Wildman–Crippen LogP) is 4.62. The molecule has 3 heterocycles. The molecule has 2 aliphatic heterocycles. The zero-order valence-electron chi connectivity index (χ0n) is 32.3. The maximum atomic E-state index is 14.7. The lowest BCUT2D eigenvalue weighted by atomic mass is 9.88. The summed E-state index contributed by atoms with van der Waals surface area (Å²) in [7, 11) is -3.94. The molecule has 0 bridgehead atoms. The molecule has 56 heavy (non-hydrogen) atoms. The molecule has 2 saturated carbocycles. The molecule has 17 heteroatoms. The van der Waals surface area contributed by atoms with Gasteiger partial charge in [-0.05, 0) is 77.2 Å². The van der Waals surface area contributed by atoms with Crippen LogP contribution in [0.3, 0.4) is 0 Å².